The van der Waals surface area contributed by atoms with Crippen molar-refractivity contribution in [2.24, 2.45) is 11.3 Å². The first kappa shape index (κ1) is 16.3. The molecule has 1 aliphatic heterocycles. The van der Waals surface area contributed by atoms with Crippen molar-refractivity contribution in [3.8, 4) is 0 Å². The predicted octanol–water partition coefficient (Wildman–Crippen LogP) is 2.05. The summed E-state index contributed by atoms with van der Waals surface area (Å²) in [6, 6.07) is 9.85. The van der Waals surface area contributed by atoms with Gasteiger partial charge in [0.15, 0.2) is 0 Å². The quantitative estimate of drug-likeness (QED) is 0.795. The smallest absolute Gasteiger partial charge is 0.407 e. The summed E-state index contributed by atoms with van der Waals surface area (Å²) in [5, 5.41) is 16.2. The Morgan fingerprint density at radius 3 is 2.96 bits per heavy atom. The zero-order valence-corrected chi connectivity index (χ0v) is 13.5. The van der Waals surface area contributed by atoms with Crippen molar-refractivity contribution in [1.29, 1.82) is 0 Å². The number of hydrogen-bond donors (Lipinski definition) is 3. The molecule has 5 heteroatoms. The lowest BCUT2D eigenvalue weighted by molar-refractivity contribution is -0.00779. The second-order valence-corrected chi connectivity index (χ2v) is 6.86. The molecular weight excluding hydrogens is 292 g/mol. The van der Waals surface area contributed by atoms with Crippen LogP contribution in [0, 0.1) is 11.3 Å². The SMILES string of the molecule is O=C(N[C@H]1CC[C@]2(CO)CNCC[C@@H]2C1)OCc1ccccc1. The minimum absolute atomic E-state index is 0.00434. The third kappa shape index (κ3) is 3.85. The number of amides is 1. The van der Waals surface area contributed by atoms with Gasteiger partial charge in [0.05, 0.1) is 6.61 Å². The molecule has 2 aliphatic rings. The van der Waals surface area contributed by atoms with Gasteiger partial charge in [-0.15, -0.1) is 0 Å². The summed E-state index contributed by atoms with van der Waals surface area (Å²) in [6.07, 6.45) is 3.51. The van der Waals surface area contributed by atoms with Crippen molar-refractivity contribution in [1.82, 2.24) is 10.6 Å². The van der Waals surface area contributed by atoms with E-state index in [4.69, 9.17) is 4.74 Å². The number of nitrogens with one attached hydrogen (secondary N) is 2. The van der Waals surface area contributed by atoms with Crippen LogP contribution in [-0.4, -0.2) is 36.9 Å². The van der Waals surface area contributed by atoms with Gasteiger partial charge in [-0.1, -0.05) is 30.3 Å². The number of fused-ring (bicyclic) bond motifs is 1. The number of piperidine rings is 1. The predicted molar refractivity (Wildman–Crippen MR) is 87.9 cm³/mol. The lowest BCUT2D eigenvalue weighted by atomic mass is 9.62. The molecule has 1 saturated carbocycles. The highest BCUT2D eigenvalue weighted by molar-refractivity contribution is 5.67. The van der Waals surface area contributed by atoms with Gasteiger partial charge in [0.25, 0.3) is 0 Å². The molecule has 3 rings (SSSR count). The number of hydrogen-bond acceptors (Lipinski definition) is 4. The van der Waals surface area contributed by atoms with Gasteiger partial charge in [-0.05, 0) is 43.7 Å². The first-order chi connectivity index (χ1) is 11.2. The molecular formula is C18H26N2O3. The monoisotopic (exact) mass is 318 g/mol. The Morgan fingerprint density at radius 2 is 2.17 bits per heavy atom. The van der Waals surface area contributed by atoms with Crippen molar-refractivity contribution in [3.63, 3.8) is 0 Å². The molecule has 23 heavy (non-hydrogen) atoms. The lowest BCUT2D eigenvalue weighted by Crippen LogP contribution is -2.54. The number of rotatable bonds is 4. The van der Waals surface area contributed by atoms with Crippen molar-refractivity contribution < 1.29 is 14.6 Å². The number of carbonyl (C=O) groups is 1. The standard InChI is InChI=1S/C18H26N2O3/c21-13-18-8-6-16(10-15(18)7-9-19-12-18)20-17(22)23-11-14-4-2-1-3-5-14/h1-5,15-16,19,21H,6-13H2,(H,20,22)/t15-,16+,18-/m1/s1. The number of carbonyl (C=O) groups excluding carboxylic acids is 1. The summed E-state index contributed by atoms with van der Waals surface area (Å²) in [4.78, 5) is 12.0. The second-order valence-electron chi connectivity index (χ2n) is 6.86. The largest absolute Gasteiger partial charge is 0.445 e. The summed E-state index contributed by atoms with van der Waals surface area (Å²) >= 11 is 0. The normalized spacial score (nSPS) is 30.3. The second kappa shape index (κ2) is 7.32. The van der Waals surface area contributed by atoms with E-state index in [9.17, 15) is 9.90 Å². The van der Waals surface area contributed by atoms with Gasteiger partial charge in [-0.2, -0.15) is 0 Å². The first-order valence-electron chi connectivity index (χ1n) is 8.51. The van der Waals surface area contributed by atoms with E-state index in [1.54, 1.807) is 0 Å². The molecule has 1 aromatic rings. The van der Waals surface area contributed by atoms with E-state index >= 15 is 0 Å². The van der Waals surface area contributed by atoms with E-state index in [0.717, 1.165) is 44.3 Å². The van der Waals surface area contributed by atoms with Crippen LogP contribution in [-0.2, 0) is 11.3 Å². The van der Waals surface area contributed by atoms with Gasteiger partial charge < -0.3 is 20.5 Å². The zero-order valence-electron chi connectivity index (χ0n) is 13.5. The summed E-state index contributed by atoms with van der Waals surface area (Å²) < 4.78 is 5.31. The highest BCUT2D eigenvalue weighted by Crippen LogP contribution is 2.44. The van der Waals surface area contributed by atoms with Crippen molar-refractivity contribution in [2.45, 2.75) is 38.3 Å². The Hall–Kier alpha value is -1.59. The van der Waals surface area contributed by atoms with Gasteiger partial charge in [-0.25, -0.2) is 4.79 Å². The molecule has 1 amide bonds. The molecule has 0 bridgehead atoms. The van der Waals surface area contributed by atoms with Gasteiger partial charge in [0.1, 0.15) is 6.61 Å². The van der Waals surface area contributed by atoms with Gasteiger partial charge >= 0.3 is 6.09 Å². The van der Waals surface area contributed by atoms with E-state index < -0.39 is 0 Å². The third-order valence-electron chi connectivity index (χ3n) is 5.42. The molecule has 0 unspecified atom stereocenters. The third-order valence-corrected chi connectivity index (χ3v) is 5.42. The Bertz CT molecular complexity index is 522. The van der Waals surface area contributed by atoms with Crippen LogP contribution in [0.4, 0.5) is 4.79 Å². The minimum atomic E-state index is -0.343. The maximum atomic E-state index is 12.0. The summed E-state index contributed by atoms with van der Waals surface area (Å²) in [6.45, 7) is 2.42. The van der Waals surface area contributed by atoms with Crippen LogP contribution in [0.1, 0.15) is 31.2 Å². The highest BCUT2D eigenvalue weighted by Gasteiger charge is 2.44. The average Bonchev–Trinajstić information content (AvgIpc) is 2.61. The number of alkyl carbamates (subject to hydrolysis) is 1. The fraction of sp³-hybridized carbons (Fsp3) is 0.611. The van der Waals surface area contributed by atoms with E-state index in [1.807, 2.05) is 30.3 Å². The lowest BCUT2D eigenvalue weighted by Gasteiger charge is -2.48. The van der Waals surface area contributed by atoms with Gasteiger partial charge in [0, 0.05) is 18.0 Å². The van der Waals surface area contributed by atoms with E-state index in [-0.39, 0.29) is 24.2 Å². The number of aliphatic hydroxyl groups excluding tert-OH is 1. The Balaban J connectivity index is 1.48. The molecule has 1 saturated heterocycles. The summed E-state index contributed by atoms with van der Waals surface area (Å²) in [5.41, 5.74) is 0.994. The topological polar surface area (TPSA) is 70.6 Å². The zero-order chi connectivity index (χ0) is 16.1. The number of benzene rings is 1. The van der Waals surface area contributed by atoms with Crippen LogP contribution < -0.4 is 10.6 Å². The molecule has 0 radical (unpaired) electrons. The van der Waals surface area contributed by atoms with Crippen LogP contribution in [0.3, 0.4) is 0 Å². The molecule has 2 fully saturated rings. The average molecular weight is 318 g/mol. The molecule has 3 N–H and O–H groups in total. The molecule has 5 nitrogen and oxygen atoms in total. The van der Waals surface area contributed by atoms with Crippen LogP contribution in [0.2, 0.25) is 0 Å². The van der Waals surface area contributed by atoms with E-state index in [1.165, 1.54) is 0 Å². The fourth-order valence-corrected chi connectivity index (χ4v) is 3.97. The van der Waals surface area contributed by atoms with E-state index in [2.05, 4.69) is 10.6 Å². The van der Waals surface area contributed by atoms with Gasteiger partial charge in [0.2, 0.25) is 0 Å². The van der Waals surface area contributed by atoms with Crippen molar-refractivity contribution >= 4 is 6.09 Å². The first-order valence-corrected chi connectivity index (χ1v) is 8.51. The molecule has 1 aromatic carbocycles. The van der Waals surface area contributed by atoms with Crippen LogP contribution >= 0.6 is 0 Å². The van der Waals surface area contributed by atoms with Crippen molar-refractivity contribution in [3.05, 3.63) is 35.9 Å². The van der Waals surface area contributed by atoms with Gasteiger partial charge in [-0.3, -0.25) is 0 Å². The van der Waals surface area contributed by atoms with Crippen LogP contribution in [0.5, 0.6) is 0 Å². The molecule has 1 aliphatic carbocycles. The van der Waals surface area contributed by atoms with E-state index in [0.29, 0.717) is 12.5 Å². The fourth-order valence-electron chi connectivity index (χ4n) is 3.97. The maximum absolute atomic E-state index is 12.0. The van der Waals surface area contributed by atoms with Crippen LogP contribution in [0.15, 0.2) is 30.3 Å². The molecule has 0 spiro atoms. The summed E-state index contributed by atoms with van der Waals surface area (Å²) in [5.74, 6) is 0.474. The Labute approximate surface area is 137 Å². The van der Waals surface area contributed by atoms with Crippen LogP contribution in [0.25, 0.3) is 0 Å². The maximum Gasteiger partial charge on any atom is 0.407 e. The van der Waals surface area contributed by atoms with Crippen molar-refractivity contribution in [2.75, 3.05) is 19.7 Å². The molecule has 1 heterocycles. The Morgan fingerprint density at radius 1 is 1.35 bits per heavy atom. The molecule has 3 atom stereocenters. The molecule has 126 valence electrons. The minimum Gasteiger partial charge on any atom is -0.445 e. The summed E-state index contributed by atoms with van der Waals surface area (Å²) in [7, 11) is 0. The number of aliphatic hydroxyl groups is 1. The highest BCUT2D eigenvalue weighted by atomic mass is 16.5. The molecule has 0 aromatic heterocycles. The number of ether oxygens (including phenoxy) is 1. The Kier molecular flexibility index (Phi) is 5.18.